The summed E-state index contributed by atoms with van der Waals surface area (Å²) in [7, 11) is 10.8. The van der Waals surface area contributed by atoms with Crippen LogP contribution >= 0.6 is 202 Å². The Balaban J connectivity index is -0.000000188. The second kappa shape index (κ2) is 88.1. The highest BCUT2D eigenvalue weighted by Crippen LogP contribution is 2.30. The van der Waals surface area contributed by atoms with E-state index in [1.807, 2.05) is 41.9 Å². The van der Waals surface area contributed by atoms with Gasteiger partial charge in [-0.15, -0.1) is 0 Å². The summed E-state index contributed by atoms with van der Waals surface area (Å²) in [6, 6.07) is 1.87. The van der Waals surface area contributed by atoms with Gasteiger partial charge >= 0.3 is 0 Å². The lowest BCUT2D eigenvalue weighted by Crippen LogP contribution is -2.46. The molecule has 700 valence electrons. The molecule has 0 unspecified atom stereocenters. The van der Waals surface area contributed by atoms with Gasteiger partial charge < -0.3 is 65.1 Å². The van der Waals surface area contributed by atoms with E-state index in [1.165, 1.54) is 45.6 Å². The lowest BCUT2D eigenvalue weighted by atomic mass is 9.97. The average molecular weight is 1950 g/mol. The van der Waals surface area contributed by atoms with Crippen molar-refractivity contribution in [2.24, 2.45) is 46.6 Å². The predicted molar refractivity (Wildman–Crippen MR) is 547 cm³/mol. The highest BCUT2D eigenvalue weighted by Gasteiger charge is 2.37. The van der Waals surface area contributed by atoms with E-state index in [0.717, 1.165) is 98.1 Å². The van der Waals surface area contributed by atoms with Crippen LogP contribution in [0.5, 0.6) is 0 Å². The minimum atomic E-state index is -1.92. The Morgan fingerprint density at radius 2 is 0.658 bits per heavy atom. The molecule has 0 aromatic carbocycles. The Morgan fingerprint density at radius 1 is 0.316 bits per heavy atom. The molecule has 0 aromatic rings. The van der Waals surface area contributed by atoms with Crippen LogP contribution in [-0.2, 0) is 0 Å². The summed E-state index contributed by atoms with van der Waals surface area (Å²) in [6.45, 7) is 21.1. The zero-order chi connectivity index (χ0) is 89.6. The molecule has 0 aliphatic carbocycles. The molecule has 0 aromatic heterocycles. The number of hydrogen-bond acceptors (Lipinski definition) is 32. The van der Waals surface area contributed by atoms with E-state index < -0.39 is 45.8 Å². The Morgan fingerprint density at radius 3 is 0.921 bits per heavy atom. The average Bonchev–Trinajstić information content (AvgIpc) is 0.878. The molecule has 0 saturated carbocycles. The summed E-state index contributed by atoms with van der Waals surface area (Å²) in [6.07, 6.45) is 9.89. The fraction of sp³-hybridized carbons (Fsp3) is 1.00. The molecule has 40 heteroatoms. The molecule has 114 heavy (non-hydrogen) atoms. The summed E-state index contributed by atoms with van der Waals surface area (Å²) in [5.41, 5.74) is 15.5. The first-order valence-electron chi connectivity index (χ1n) is 40.3. The molecule has 0 rings (SSSR count). The number of alkyl halides is 8. The second-order valence-electron chi connectivity index (χ2n) is 28.8. The van der Waals surface area contributed by atoms with Crippen LogP contribution in [0.3, 0.4) is 0 Å². The number of rotatable bonds is 66. The second-order valence-corrected chi connectivity index (χ2v) is 34.3. The molecule has 16 atom stereocenters. The van der Waals surface area contributed by atoms with Gasteiger partial charge in [-0.25, -0.2) is 35.1 Å². The fourth-order valence-corrected chi connectivity index (χ4v) is 14.8. The van der Waals surface area contributed by atoms with Crippen molar-refractivity contribution in [1.29, 1.82) is 0 Å². The molecule has 0 aliphatic rings. The zero-order valence-electron chi connectivity index (χ0n) is 71.6. The smallest absolute Gasteiger partial charge is 0.170 e. The molecule has 0 saturated heterocycles. The van der Waals surface area contributed by atoms with Crippen molar-refractivity contribution in [2.45, 2.75) is 214 Å². The summed E-state index contributed by atoms with van der Waals surface area (Å²) in [5, 5.41) is 36.3. The van der Waals surface area contributed by atoms with Crippen LogP contribution in [0, 0.1) is 23.7 Å². The van der Waals surface area contributed by atoms with Crippen molar-refractivity contribution in [3.63, 3.8) is 0 Å². The van der Waals surface area contributed by atoms with Crippen LogP contribution in [0.15, 0.2) is 0 Å². The third-order valence-corrected chi connectivity index (χ3v) is 26.7. The van der Waals surface area contributed by atoms with Crippen LogP contribution in [0.4, 0.5) is 35.1 Å². The van der Waals surface area contributed by atoms with Crippen molar-refractivity contribution in [1.82, 2.24) is 63.8 Å². The van der Waals surface area contributed by atoms with Crippen LogP contribution < -0.4 is 86.7 Å². The first-order chi connectivity index (χ1) is 53.8. The fourth-order valence-electron chi connectivity index (χ4n) is 10.3. The number of hydrogen-bond donors (Lipinski definition) is 32. The normalized spacial score (nSPS) is 17.7. The van der Waals surface area contributed by atoms with E-state index in [1.54, 1.807) is 14.1 Å². The highest BCUT2D eigenvalue weighted by atomic mass is 32.1. The van der Waals surface area contributed by atoms with Gasteiger partial charge in [0.1, 0.15) is 22.7 Å². The topological polar surface area (TPSA) is 248 Å². The Hall–Kier alpha value is 4.40. The molecule has 0 radical (unpaired) electrons. The predicted octanol–water partition coefficient (Wildman–Crippen LogP) is 11.3. The largest absolute Gasteiger partial charge is 0.330 e. The van der Waals surface area contributed by atoms with Gasteiger partial charge in [0.15, 0.2) is 23.2 Å². The highest BCUT2D eigenvalue weighted by molar-refractivity contribution is 7.82. The van der Waals surface area contributed by atoms with Crippen molar-refractivity contribution in [2.75, 3.05) is 226 Å². The quantitative estimate of drug-likeness (QED) is 0.0154. The third-order valence-electron chi connectivity index (χ3n) is 18.6. The maximum Gasteiger partial charge on any atom is 0.170 e. The number of thiol groups is 16. The van der Waals surface area contributed by atoms with Gasteiger partial charge in [0.2, 0.25) is 0 Å². The summed E-state index contributed by atoms with van der Waals surface area (Å²) >= 11 is 65.6. The minimum Gasteiger partial charge on any atom is -0.330 e. The molecule has 0 spiro atoms. The van der Waals surface area contributed by atoms with Gasteiger partial charge in [-0.1, -0.05) is 41.5 Å². The summed E-state index contributed by atoms with van der Waals surface area (Å²) in [4.78, 5) is 0. The van der Waals surface area contributed by atoms with Gasteiger partial charge in [0.05, 0.1) is 0 Å². The lowest BCUT2D eigenvalue weighted by Gasteiger charge is -2.29. The maximum absolute atomic E-state index is 14.3. The van der Waals surface area contributed by atoms with Gasteiger partial charge in [-0.2, -0.15) is 202 Å². The molecule has 20 N–H and O–H groups in total. The van der Waals surface area contributed by atoms with Crippen LogP contribution in [0.2, 0.25) is 0 Å². The molecule has 0 amide bonds. The SMILES string of the molecule is CCNC[C@H](CS)CC[C@@H](CS)NCC.CCNC[C@](F)(CS)CC[C@](F)(CS)NCC.CCN[C@@](F)(CS)CC[C@@](F)(CS)CNC.CCN[C@H](CS)CC[C@@H](CS)CNC.CNC[C@H](CS)CC[C@@H](CS)NC.CNC[C@](F)(CS)CC[C@](F)(CS)NC.NC[C@H](CS)CC[C@H](N)CS.NC[C@](F)(CS)CC[C@](N)(F)CS. The van der Waals surface area contributed by atoms with E-state index in [4.69, 9.17) is 22.9 Å². The van der Waals surface area contributed by atoms with Gasteiger partial charge in [0, 0.05) is 119 Å². The van der Waals surface area contributed by atoms with E-state index >= 15 is 0 Å². The number of nitrogens with one attached hydrogen (secondary N) is 12. The molecular weight excluding hydrogens is 1780 g/mol. The Labute approximate surface area is 780 Å². The molecule has 0 bridgehead atoms. The first kappa shape index (κ1) is 134. The summed E-state index contributed by atoms with van der Waals surface area (Å²) in [5.74, 6) is 3.38. The maximum atomic E-state index is 14.3. The zero-order valence-corrected chi connectivity index (χ0v) is 85.9. The Bertz CT molecular complexity index is 1940. The van der Waals surface area contributed by atoms with E-state index in [2.05, 4.69) is 287 Å². The standard InChI is InChI=1S/C11H24F2N2S2.C11H26N2S2.C10H22F2N2S2.C10H24N2S2.C9H20F2N2S2.C9H22N2S2.C7H16F2N2S2.C7H18N2S2/c1-3-14-7-10(12,8-16)5-6-11(13,9-17)15-4-2;1-3-12-7-10(8-14)5-6-11(9-15)13-4-2;1-3-14-10(12,8-16)5-4-9(11,7-15)6-13-2;1-3-12-10(8-14)5-4-9(7-13)6-11-2;1-12-5-8(10,6-14)3-4-9(11,7-15)13-2;1-10-5-8(6-12)3-4-9(7-13)11-2;8-6(3-10,4-12)1-2-7(9,11)5-13;8-3-6(4-10)1-2-7(9)5-11/h14-17H,3-9H2,1-2H3;10-15H,3-9H2,1-2H3;13-16H,3-8H2,1-2H3;9-14H,3-8H2,1-2H3;12-15H,3-7H2,1-2H3;8-13H,3-7H2,1-2H3;12-13H,1-5,10-11H2;6-7,10-11H,1-5,8-9H2/t2*10-,11+;2*9-,10+;2*8-,9+;2*6-,7+/m01010101/s1. The van der Waals surface area contributed by atoms with Crippen molar-refractivity contribution >= 4 is 202 Å². The summed E-state index contributed by atoms with van der Waals surface area (Å²) < 4.78 is 111. The molecule has 16 nitrogen and oxygen atoms in total. The number of nitrogens with two attached hydrogens (primary N) is 4. The van der Waals surface area contributed by atoms with Crippen LogP contribution in [0.25, 0.3) is 0 Å². The molecule has 0 heterocycles. The molecular formula is C74H172F8N16S16. The minimum absolute atomic E-state index is 0.0217. The van der Waals surface area contributed by atoms with Crippen molar-refractivity contribution in [3.8, 4) is 0 Å². The van der Waals surface area contributed by atoms with Crippen molar-refractivity contribution < 1.29 is 35.1 Å². The first-order valence-corrected chi connectivity index (χ1v) is 50.5. The van der Waals surface area contributed by atoms with Gasteiger partial charge in [-0.05, 0) is 257 Å². The van der Waals surface area contributed by atoms with E-state index in [0.29, 0.717) is 68.0 Å². The lowest BCUT2D eigenvalue weighted by molar-refractivity contribution is 0.0904. The van der Waals surface area contributed by atoms with Gasteiger partial charge in [-0.3, -0.25) is 21.7 Å². The van der Waals surface area contributed by atoms with Crippen molar-refractivity contribution in [3.05, 3.63) is 0 Å². The monoisotopic (exact) mass is 1950 g/mol. The van der Waals surface area contributed by atoms with Crippen LogP contribution in [-0.4, -0.2) is 296 Å². The van der Waals surface area contributed by atoms with Crippen LogP contribution in [0.1, 0.15) is 144 Å². The molecule has 0 fully saturated rings. The van der Waals surface area contributed by atoms with E-state index in [-0.39, 0.29) is 130 Å². The molecule has 0 aliphatic heterocycles. The van der Waals surface area contributed by atoms with E-state index in [9.17, 15) is 35.1 Å². The van der Waals surface area contributed by atoms with Gasteiger partial charge in [0.25, 0.3) is 0 Å². The Kier molecular flexibility index (Phi) is 103. The number of halogens is 8. The third kappa shape index (κ3) is 79.8.